The Morgan fingerprint density at radius 2 is 2.00 bits per heavy atom. The summed E-state index contributed by atoms with van der Waals surface area (Å²) in [7, 11) is 1.55. The predicted molar refractivity (Wildman–Crippen MR) is 88.1 cm³/mol. The first-order valence-corrected chi connectivity index (χ1v) is 7.82. The van der Waals surface area contributed by atoms with E-state index in [1.54, 1.807) is 38.3 Å². The van der Waals surface area contributed by atoms with Crippen LogP contribution in [-0.4, -0.2) is 30.6 Å². The van der Waals surface area contributed by atoms with Gasteiger partial charge < -0.3 is 19.2 Å². The molecule has 0 aliphatic carbocycles. The van der Waals surface area contributed by atoms with Gasteiger partial charge in [-0.25, -0.2) is 4.79 Å². The van der Waals surface area contributed by atoms with Crippen molar-refractivity contribution in [1.82, 2.24) is 4.98 Å². The fraction of sp³-hybridized carbons (Fsp3) is 0.278. The van der Waals surface area contributed by atoms with E-state index in [1.807, 2.05) is 0 Å². The summed E-state index contributed by atoms with van der Waals surface area (Å²) in [5.74, 6) is -1.04. The van der Waals surface area contributed by atoms with Crippen molar-refractivity contribution in [3.8, 4) is 11.5 Å². The van der Waals surface area contributed by atoms with Crippen LogP contribution in [0.15, 0.2) is 35.3 Å². The van der Waals surface area contributed by atoms with Crippen LogP contribution in [0, 0.1) is 0 Å². The van der Waals surface area contributed by atoms with E-state index < -0.39 is 23.4 Å². The van der Waals surface area contributed by atoms with Gasteiger partial charge in [-0.05, 0) is 24.6 Å². The van der Waals surface area contributed by atoms with Gasteiger partial charge in [-0.3, -0.25) is 9.59 Å². The lowest BCUT2D eigenvalue weighted by Crippen LogP contribution is -2.30. The molecule has 1 N–H and O–H groups in total. The van der Waals surface area contributed by atoms with Crippen molar-refractivity contribution in [2.45, 2.75) is 19.3 Å². The number of nitrogens with one attached hydrogen (secondary N) is 1. The van der Waals surface area contributed by atoms with Crippen molar-refractivity contribution in [2.24, 2.45) is 0 Å². The quantitative estimate of drug-likeness (QED) is 0.853. The van der Waals surface area contributed by atoms with Crippen LogP contribution in [0.25, 0.3) is 0 Å². The van der Waals surface area contributed by atoms with Crippen LogP contribution in [0.4, 0.5) is 0 Å². The SMILES string of the molecule is CCOC(=O)c1c[nH]c(=O)c2c1OC(=O)C[C@@H]2c1ccc(OC)cc1. The van der Waals surface area contributed by atoms with Gasteiger partial charge in [0.15, 0.2) is 5.75 Å². The van der Waals surface area contributed by atoms with E-state index in [9.17, 15) is 14.4 Å². The van der Waals surface area contributed by atoms with Gasteiger partial charge in [-0.15, -0.1) is 0 Å². The second-order valence-corrected chi connectivity index (χ2v) is 5.50. The number of ether oxygens (including phenoxy) is 3. The molecular formula is C18H17NO6. The van der Waals surface area contributed by atoms with Gasteiger partial charge in [-0.2, -0.15) is 0 Å². The molecule has 7 heteroatoms. The molecule has 1 aromatic carbocycles. The molecule has 0 amide bonds. The van der Waals surface area contributed by atoms with Gasteiger partial charge in [-0.1, -0.05) is 12.1 Å². The lowest BCUT2D eigenvalue weighted by molar-refractivity contribution is -0.135. The average molecular weight is 343 g/mol. The third-order valence-corrected chi connectivity index (χ3v) is 4.03. The average Bonchev–Trinajstić information content (AvgIpc) is 2.61. The van der Waals surface area contributed by atoms with Crippen molar-refractivity contribution in [1.29, 1.82) is 0 Å². The molecule has 0 bridgehead atoms. The van der Waals surface area contributed by atoms with Crippen molar-refractivity contribution in [2.75, 3.05) is 13.7 Å². The van der Waals surface area contributed by atoms with Crippen LogP contribution < -0.4 is 15.0 Å². The number of aromatic amines is 1. The summed E-state index contributed by atoms with van der Waals surface area (Å²) in [4.78, 5) is 39.1. The standard InChI is InChI=1S/C18H17NO6/c1-3-24-18(22)13-9-19-17(21)15-12(8-14(20)25-16(13)15)10-4-6-11(23-2)7-5-10/h4-7,9,12H,3,8H2,1-2H3,(H,19,21)/t12-/m1/s1. The number of carbonyl (C=O) groups excluding carboxylic acids is 2. The summed E-state index contributed by atoms with van der Waals surface area (Å²) >= 11 is 0. The first-order valence-electron chi connectivity index (χ1n) is 7.82. The molecule has 130 valence electrons. The Labute approximate surface area is 143 Å². The van der Waals surface area contributed by atoms with Crippen LogP contribution in [-0.2, 0) is 9.53 Å². The van der Waals surface area contributed by atoms with Crippen LogP contribution in [0.3, 0.4) is 0 Å². The fourth-order valence-corrected chi connectivity index (χ4v) is 2.86. The molecule has 0 saturated carbocycles. The topological polar surface area (TPSA) is 94.7 Å². The van der Waals surface area contributed by atoms with Crippen molar-refractivity contribution >= 4 is 11.9 Å². The largest absolute Gasteiger partial charge is 0.497 e. The predicted octanol–water partition coefficient (Wildman–Crippen LogP) is 2.00. The number of rotatable bonds is 4. The number of H-pyrrole nitrogens is 1. The number of esters is 2. The minimum atomic E-state index is -0.654. The summed E-state index contributed by atoms with van der Waals surface area (Å²) in [6.07, 6.45) is 1.22. The minimum Gasteiger partial charge on any atom is -0.497 e. The summed E-state index contributed by atoms with van der Waals surface area (Å²) in [5.41, 5.74) is 0.625. The number of aromatic nitrogens is 1. The van der Waals surface area contributed by atoms with E-state index in [0.29, 0.717) is 5.75 Å². The summed E-state index contributed by atoms with van der Waals surface area (Å²) in [5, 5.41) is 0. The maximum atomic E-state index is 12.4. The number of benzene rings is 1. The minimum absolute atomic E-state index is 0.00862. The van der Waals surface area contributed by atoms with Crippen molar-refractivity contribution in [3.63, 3.8) is 0 Å². The third-order valence-electron chi connectivity index (χ3n) is 4.03. The normalized spacial score (nSPS) is 15.9. The van der Waals surface area contributed by atoms with E-state index in [4.69, 9.17) is 14.2 Å². The van der Waals surface area contributed by atoms with Gasteiger partial charge in [0, 0.05) is 12.1 Å². The summed E-state index contributed by atoms with van der Waals surface area (Å²) < 4.78 is 15.3. The van der Waals surface area contributed by atoms with Crippen LogP contribution >= 0.6 is 0 Å². The zero-order valence-corrected chi connectivity index (χ0v) is 13.8. The molecule has 0 spiro atoms. The zero-order valence-electron chi connectivity index (χ0n) is 13.8. The number of carbonyl (C=O) groups is 2. The highest BCUT2D eigenvalue weighted by molar-refractivity contribution is 5.94. The fourth-order valence-electron chi connectivity index (χ4n) is 2.86. The molecule has 7 nitrogen and oxygen atoms in total. The number of hydrogen-bond acceptors (Lipinski definition) is 6. The summed E-state index contributed by atoms with van der Waals surface area (Å²) in [6.45, 7) is 1.84. The number of fused-ring (bicyclic) bond motifs is 1. The second kappa shape index (κ2) is 6.80. The Bertz CT molecular complexity index is 868. The van der Waals surface area contributed by atoms with E-state index >= 15 is 0 Å². The monoisotopic (exact) mass is 343 g/mol. The summed E-state index contributed by atoms with van der Waals surface area (Å²) in [6, 6.07) is 7.06. The molecule has 2 heterocycles. The Hall–Kier alpha value is -3.09. The molecule has 0 fully saturated rings. The first kappa shape index (κ1) is 16.8. The molecule has 0 saturated heterocycles. The van der Waals surface area contributed by atoms with Gasteiger partial charge in [0.25, 0.3) is 5.56 Å². The Morgan fingerprint density at radius 3 is 2.64 bits per heavy atom. The van der Waals surface area contributed by atoms with E-state index in [2.05, 4.69) is 4.98 Å². The second-order valence-electron chi connectivity index (χ2n) is 5.50. The van der Waals surface area contributed by atoms with Crippen molar-refractivity contribution < 1.29 is 23.8 Å². The highest BCUT2D eigenvalue weighted by Crippen LogP contribution is 2.38. The molecule has 0 radical (unpaired) electrons. The van der Waals surface area contributed by atoms with Gasteiger partial charge in [0.1, 0.15) is 11.3 Å². The highest BCUT2D eigenvalue weighted by Gasteiger charge is 2.34. The lowest BCUT2D eigenvalue weighted by atomic mass is 9.86. The maximum absolute atomic E-state index is 12.4. The third kappa shape index (κ3) is 3.13. The Kier molecular flexibility index (Phi) is 4.56. The van der Waals surface area contributed by atoms with E-state index in [1.165, 1.54) is 6.20 Å². The van der Waals surface area contributed by atoms with Crippen LogP contribution in [0.2, 0.25) is 0 Å². The van der Waals surface area contributed by atoms with Crippen LogP contribution in [0.5, 0.6) is 11.5 Å². The van der Waals surface area contributed by atoms with E-state index in [-0.39, 0.29) is 29.9 Å². The smallest absolute Gasteiger partial charge is 0.343 e. The molecule has 1 aliphatic heterocycles. The number of methoxy groups -OCH3 is 1. The molecule has 1 aliphatic rings. The molecule has 25 heavy (non-hydrogen) atoms. The van der Waals surface area contributed by atoms with Gasteiger partial charge in [0.05, 0.1) is 25.7 Å². The Morgan fingerprint density at radius 1 is 1.28 bits per heavy atom. The molecule has 2 aromatic rings. The van der Waals surface area contributed by atoms with Crippen molar-refractivity contribution in [3.05, 3.63) is 57.5 Å². The highest BCUT2D eigenvalue weighted by atomic mass is 16.5. The molecular weight excluding hydrogens is 326 g/mol. The molecule has 1 atom stereocenters. The van der Waals surface area contributed by atoms with Gasteiger partial charge in [0.2, 0.25) is 0 Å². The zero-order chi connectivity index (χ0) is 18.0. The van der Waals surface area contributed by atoms with Gasteiger partial charge >= 0.3 is 11.9 Å². The number of hydrogen-bond donors (Lipinski definition) is 1. The van der Waals surface area contributed by atoms with Crippen LogP contribution in [0.1, 0.15) is 40.7 Å². The Balaban J connectivity index is 2.13. The van der Waals surface area contributed by atoms with E-state index in [0.717, 1.165) is 5.56 Å². The maximum Gasteiger partial charge on any atom is 0.343 e. The lowest BCUT2D eigenvalue weighted by Gasteiger charge is -2.25. The first-order chi connectivity index (χ1) is 12.0. The molecule has 1 aromatic heterocycles. The number of pyridine rings is 1. The molecule has 3 rings (SSSR count). The molecule has 0 unspecified atom stereocenters.